The van der Waals surface area contributed by atoms with E-state index >= 15 is 0 Å². The number of carbonyl (C=O) groups is 1. The summed E-state index contributed by atoms with van der Waals surface area (Å²) in [7, 11) is 0. The van der Waals surface area contributed by atoms with Gasteiger partial charge in [-0.25, -0.2) is 4.39 Å². The molecule has 0 aliphatic rings. The first kappa shape index (κ1) is 10.9. The van der Waals surface area contributed by atoms with Crippen molar-refractivity contribution in [2.75, 3.05) is 0 Å². The highest BCUT2D eigenvalue weighted by molar-refractivity contribution is 9.11. The summed E-state index contributed by atoms with van der Waals surface area (Å²) < 4.78 is 14.1. The van der Waals surface area contributed by atoms with Crippen LogP contribution in [0.2, 0.25) is 0 Å². The molecule has 0 aromatic carbocycles. The molecule has 0 saturated carbocycles. The van der Waals surface area contributed by atoms with Crippen LogP contribution in [0.4, 0.5) is 4.39 Å². The van der Waals surface area contributed by atoms with Crippen molar-refractivity contribution in [1.82, 2.24) is 0 Å². The van der Waals surface area contributed by atoms with Crippen molar-refractivity contribution in [2.45, 2.75) is 25.9 Å². The zero-order chi connectivity index (χ0) is 10.1. The number of carbonyl (C=O) groups excluding carboxylic acids is 1. The summed E-state index contributed by atoms with van der Waals surface area (Å²) in [5, 5.41) is 0. The van der Waals surface area contributed by atoms with Crippen LogP contribution in [-0.2, 0) is 11.2 Å². The van der Waals surface area contributed by atoms with E-state index in [0.29, 0.717) is 0 Å². The zero-order valence-corrected chi connectivity index (χ0v) is 9.84. The minimum atomic E-state index is -1.73. The van der Waals surface area contributed by atoms with Crippen molar-refractivity contribution in [3.05, 3.63) is 20.8 Å². The van der Waals surface area contributed by atoms with Crippen LogP contribution >= 0.6 is 27.3 Å². The van der Waals surface area contributed by atoms with Crippen molar-refractivity contribution in [2.24, 2.45) is 0 Å². The standard InChI is InChI=1S/C9H10BrFOS/c1-9(2,11)7(12)5-6-3-4-8(10)13-6/h3-4H,5H2,1-2H3. The number of thiophene rings is 1. The van der Waals surface area contributed by atoms with E-state index in [9.17, 15) is 9.18 Å². The van der Waals surface area contributed by atoms with E-state index < -0.39 is 5.67 Å². The predicted molar refractivity (Wildman–Crippen MR) is 55.9 cm³/mol. The second kappa shape index (κ2) is 3.88. The maximum absolute atomic E-state index is 13.1. The molecule has 1 nitrogen and oxygen atoms in total. The molecule has 1 rings (SSSR count). The molecule has 0 fully saturated rings. The minimum Gasteiger partial charge on any atom is -0.296 e. The molecule has 0 aliphatic carbocycles. The van der Waals surface area contributed by atoms with Crippen LogP contribution in [-0.4, -0.2) is 11.5 Å². The largest absolute Gasteiger partial charge is 0.296 e. The van der Waals surface area contributed by atoms with Crippen molar-refractivity contribution >= 4 is 33.0 Å². The summed E-state index contributed by atoms with van der Waals surface area (Å²) in [6.07, 6.45) is 0.180. The van der Waals surface area contributed by atoms with Gasteiger partial charge in [-0.2, -0.15) is 0 Å². The van der Waals surface area contributed by atoms with Crippen molar-refractivity contribution in [3.63, 3.8) is 0 Å². The van der Waals surface area contributed by atoms with E-state index in [1.807, 2.05) is 12.1 Å². The first-order chi connectivity index (χ1) is 5.89. The van der Waals surface area contributed by atoms with Gasteiger partial charge in [-0.3, -0.25) is 4.79 Å². The highest BCUT2D eigenvalue weighted by Gasteiger charge is 2.26. The fourth-order valence-electron chi connectivity index (χ4n) is 0.815. The molecule has 0 atom stereocenters. The molecule has 1 aromatic rings. The molecular weight excluding hydrogens is 255 g/mol. The van der Waals surface area contributed by atoms with Crippen molar-refractivity contribution in [3.8, 4) is 0 Å². The molecule has 0 unspecified atom stereocenters. The van der Waals surface area contributed by atoms with Crippen LogP contribution in [0.3, 0.4) is 0 Å². The fourth-order valence-corrected chi connectivity index (χ4v) is 2.30. The second-order valence-corrected chi connectivity index (χ2v) is 5.83. The van der Waals surface area contributed by atoms with Gasteiger partial charge in [-0.15, -0.1) is 11.3 Å². The molecule has 0 aliphatic heterocycles. The van der Waals surface area contributed by atoms with E-state index in [2.05, 4.69) is 15.9 Å². The molecule has 72 valence electrons. The Bertz CT molecular complexity index is 314. The number of alkyl halides is 1. The van der Waals surface area contributed by atoms with E-state index in [4.69, 9.17) is 0 Å². The molecule has 0 bridgehead atoms. The first-order valence-electron chi connectivity index (χ1n) is 3.86. The Morgan fingerprint density at radius 3 is 2.62 bits per heavy atom. The molecule has 0 N–H and O–H groups in total. The van der Waals surface area contributed by atoms with E-state index in [-0.39, 0.29) is 12.2 Å². The summed E-state index contributed by atoms with van der Waals surface area (Å²) in [4.78, 5) is 12.2. The minimum absolute atomic E-state index is 0.180. The monoisotopic (exact) mass is 264 g/mol. The zero-order valence-electron chi connectivity index (χ0n) is 7.43. The molecule has 0 radical (unpaired) electrons. The van der Waals surface area contributed by atoms with Gasteiger partial charge < -0.3 is 0 Å². The molecule has 13 heavy (non-hydrogen) atoms. The van der Waals surface area contributed by atoms with Crippen LogP contribution in [0.25, 0.3) is 0 Å². The van der Waals surface area contributed by atoms with Gasteiger partial charge >= 0.3 is 0 Å². The van der Waals surface area contributed by atoms with Gasteiger partial charge in [-0.05, 0) is 41.9 Å². The summed E-state index contributed by atoms with van der Waals surface area (Å²) >= 11 is 4.75. The third kappa shape index (κ3) is 3.19. The molecule has 1 heterocycles. The van der Waals surface area contributed by atoms with Crippen LogP contribution in [0, 0.1) is 0 Å². The summed E-state index contributed by atoms with van der Waals surface area (Å²) in [6.45, 7) is 2.58. The van der Waals surface area contributed by atoms with Gasteiger partial charge in [-0.1, -0.05) is 0 Å². The van der Waals surface area contributed by atoms with Crippen LogP contribution < -0.4 is 0 Å². The normalized spacial score (nSPS) is 11.7. The number of ketones is 1. The Kier molecular flexibility index (Phi) is 3.24. The van der Waals surface area contributed by atoms with Crippen molar-refractivity contribution < 1.29 is 9.18 Å². The highest BCUT2D eigenvalue weighted by Crippen LogP contribution is 2.24. The lowest BCUT2D eigenvalue weighted by molar-refractivity contribution is -0.127. The van der Waals surface area contributed by atoms with Gasteiger partial charge in [0.2, 0.25) is 0 Å². The third-order valence-electron chi connectivity index (χ3n) is 1.63. The SMILES string of the molecule is CC(C)(F)C(=O)Cc1ccc(Br)s1. The lowest BCUT2D eigenvalue weighted by Gasteiger charge is -2.10. The predicted octanol–water partition coefficient (Wildman–Crippen LogP) is 3.37. The fraction of sp³-hybridized carbons (Fsp3) is 0.444. The Morgan fingerprint density at radius 2 is 2.23 bits per heavy atom. The number of Topliss-reactive ketones (excluding diaryl/α,β-unsaturated/α-hetero) is 1. The van der Waals surface area contributed by atoms with Gasteiger partial charge in [0.15, 0.2) is 11.5 Å². The Labute approximate surface area is 89.1 Å². The Balaban J connectivity index is 2.65. The van der Waals surface area contributed by atoms with E-state index in [1.165, 1.54) is 25.2 Å². The Hall–Kier alpha value is -0.220. The maximum atomic E-state index is 13.1. The number of rotatable bonds is 3. The number of hydrogen-bond donors (Lipinski definition) is 0. The van der Waals surface area contributed by atoms with Gasteiger partial charge in [0.25, 0.3) is 0 Å². The summed E-state index contributed by atoms with van der Waals surface area (Å²) in [5.74, 6) is -0.373. The average Bonchev–Trinajstić information content (AvgIpc) is 2.33. The van der Waals surface area contributed by atoms with Crippen LogP contribution in [0.15, 0.2) is 15.9 Å². The van der Waals surface area contributed by atoms with Crippen molar-refractivity contribution in [1.29, 1.82) is 0 Å². The third-order valence-corrected chi connectivity index (χ3v) is 3.25. The van der Waals surface area contributed by atoms with Gasteiger partial charge in [0, 0.05) is 11.3 Å². The average molecular weight is 265 g/mol. The topological polar surface area (TPSA) is 17.1 Å². The summed E-state index contributed by atoms with van der Waals surface area (Å²) in [6, 6.07) is 3.69. The van der Waals surface area contributed by atoms with E-state index in [0.717, 1.165) is 8.66 Å². The lowest BCUT2D eigenvalue weighted by atomic mass is 10.0. The molecule has 0 spiro atoms. The highest BCUT2D eigenvalue weighted by atomic mass is 79.9. The van der Waals surface area contributed by atoms with Crippen LogP contribution in [0.5, 0.6) is 0 Å². The lowest BCUT2D eigenvalue weighted by Crippen LogP contribution is -2.27. The Morgan fingerprint density at radius 1 is 1.62 bits per heavy atom. The van der Waals surface area contributed by atoms with E-state index in [1.54, 1.807) is 0 Å². The van der Waals surface area contributed by atoms with Crippen LogP contribution in [0.1, 0.15) is 18.7 Å². The smallest absolute Gasteiger partial charge is 0.174 e. The number of halogens is 2. The maximum Gasteiger partial charge on any atom is 0.174 e. The molecule has 1 aromatic heterocycles. The van der Waals surface area contributed by atoms with Gasteiger partial charge in [0.1, 0.15) is 0 Å². The molecule has 4 heteroatoms. The number of hydrogen-bond acceptors (Lipinski definition) is 2. The van der Waals surface area contributed by atoms with Gasteiger partial charge in [0.05, 0.1) is 3.79 Å². The first-order valence-corrected chi connectivity index (χ1v) is 5.47. The summed E-state index contributed by atoms with van der Waals surface area (Å²) in [5.41, 5.74) is -1.73. The molecular formula is C9H10BrFOS. The quantitative estimate of drug-likeness (QED) is 0.818. The second-order valence-electron chi connectivity index (χ2n) is 3.28. The molecule has 0 amide bonds. The molecule has 0 saturated heterocycles.